The number of non-ortho nitro benzene ring substituents is 2. The second-order valence-corrected chi connectivity index (χ2v) is 14.3. The Balaban J connectivity index is 0.000000582. The minimum Gasteiger partial charge on any atom is -0.871 e. The van der Waals surface area contributed by atoms with Crippen molar-refractivity contribution in [2.45, 2.75) is 23.6 Å². The zero-order valence-corrected chi connectivity index (χ0v) is 41.3. The molecule has 4 aromatic carbocycles. The molecule has 0 bridgehead atoms. The van der Waals surface area contributed by atoms with Crippen molar-refractivity contribution in [3.8, 4) is 28.8 Å². The SMILES string of the molecule is Cc1[nH]n(-c2ccc(S(=O)(=O)O)cc2)c(=O)c1N=Nc1cc([N+](=O)[O-])ccc1[O-].Cc1nn(-c2ccc(S(=O)(=O)[O-])cc2)c([O-])c1N=Nc1cc([N+](=O)[O-])ccc1[O-].[Fe+3].[Na+].[Na+].[Na+]. The van der Waals surface area contributed by atoms with Crippen LogP contribution in [-0.4, -0.2) is 55.3 Å². The Kier molecular flexibility index (Phi) is 20.7. The van der Waals surface area contributed by atoms with E-state index in [1.54, 1.807) is 0 Å². The average Bonchev–Trinajstić information content (AvgIpc) is 3.61. The molecule has 62 heavy (non-hydrogen) atoms. The van der Waals surface area contributed by atoms with Crippen molar-refractivity contribution in [1.29, 1.82) is 0 Å². The summed E-state index contributed by atoms with van der Waals surface area (Å²) in [5, 5.41) is 79.1. The molecule has 0 unspecified atom stereocenters. The average molecular weight is 960 g/mol. The van der Waals surface area contributed by atoms with Crippen LogP contribution in [0, 0.1) is 34.1 Å². The third kappa shape index (κ3) is 13.4. The van der Waals surface area contributed by atoms with Gasteiger partial charge >= 0.3 is 106 Å². The molecule has 0 saturated carbocycles. The molecule has 6 aromatic rings. The Morgan fingerprint density at radius 3 is 1.55 bits per heavy atom. The number of nitro groups is 2. The Bertz CT molecular complexity index is 2950. The van der Waals surface area contributed by atoms with Gasteiger partial charge in [0.25, 0.3) is 27.1 Å². The van der Waals surface area contributed by atoms with Crippen molar-refractivity contribution in [2.24, 2.45) is 20.5 Å². The summed E-state index contributed by atoms with van der Waals surface area (Å²) in [6, 6.07) is 15.2. The van der Waals surface area contributed by atoms with Crippen LogP contribution < -0.4 is 110 Å². The van der Waals surface area contributed by atoms with Crippen LogP contribution in [0.4, 0.5) is 34.1 Å². The minimum absolute atomic E-state index is 0. The van der Waals surface area contributed by atoms with Gasteiger partial charge < -0.3 is 19.9 Å². The van der Waals surface area contributed by atoms with E-state index >= 15 is 0 Å². The van der Waals surface area contributed by atoms with E-state index in [-0.39, 0.29) is 168 Å². The van der Waals surface area contributed by atoms with Gasteiger partial charge in [0.05, 0.1) is 53.8 Å². The van der Waals surface area contributed by atoms with Gasteiger partial charge in [-0.3, -0.25) is 34.7 Å². The van der Waals surface area contributed by atoms with Crippen molar-refractivity contribution in [3.63, 3.8) is 0 Å². The summed E-state index contributed by atoms with van der Waals surface area (Å²) in [6.07, 6.45) is 0. The molecule has 1 radical (unpaired) electrons. The molecule has 0 fully saturated rings. The predicted molar refractivity (Wildman–Crippen MR) is 190 cm³/mol. The fourth-order valence-electron chi connectivity index (χ4n) is 4.75. The van der Waals surface area contributed by atoms with Gasteiger partial charge in [-0.2, -0.15) is 23.7 Å². The maximum atomic E-state index is 12.6. The third-order valence-corrected chi connectivity index (χ3v) is 9.33. The zero-order valence-electron chi connectivity index (χ0n) is 32.5. The third-order valence-electron chi connectivity index (χ3n) is 7.61. The summed E-state index contributed by atoms with van der Waals surface area (Å²) >= 11 is 0. The fourth-order valence-corrected chi connectivity index (χ4v) is 5.70. The number of nitro benzene ring substituents is 2. The summed E-state index contributed by atoms with van der Waals surface area (Å²) in [5.74, 6) is -1.94. The summed E-state index contributed by atoms with van der Waals surface area (Å²) < 4.78 is 66.1. The van der Waals surface area contributed by atoms with Gasteiger partial charge in [0, 0.05) is 30.1 Å². The quantitative estimate of drug-likeness (QED) is 0.0426. The van der Waals surface area contributed by atoms with Gasteiger partial charge in [0.2, 0.25) is 0 Å². The van der Waals surface area contributed by atoms with Crippen molar-refractivity contribution in [1.82, 2.24) is 19.6 Å². The van der Waals surface area contributed by atoms with Crippen LogP contribution in [0.2, 0.25) is 0 Å². The molecule has 24 nitrogen and oxygen atoms in total. The van der Waals surface area contributed by atoms with Gasteiger partial charge in [0.15, 0.2) is 5.69 Å². The van der Waals surface area contributed by atoms with Crippen LogP contribution in [-0.2, 0) is 37.3 Å². The first kappa shape index (κ1) is 55.9. The van der Waals surface area contributed by atoms with Crippen LogP contribution in [0.1, 0.15) is 11.4 Å². The number of hydrogen-bond acceptors (Lipinski definition) is 18. The molecule has 30 heteroatoms. The maximum absolute atomic E-state index is 12.6. The largest absolute Gasteiger partial charge is 3.00 e. The van der Waals surface area contributed by atoms with E-state index in [2.05, 4.69) is 30.7 Å². The second-order valence-electron chi connectivity index (χ2n) is 11.5. The van der Waals surface area contributed by atoms with Gasteiger partial charge in [0.1, 0.15) is 15.8 Å². The number of nitrogens with one attached hydrogen (secondary N) is 1. The van der Waals surface area contributed by atoms with Gasteiger partial charge in [-0.25, -0.2) is 17.8 Å². The first-order valence-electron chi connectivity index (χ1n) is 15.6. The molecule has 0 spiro atoms. The molecule has 0 saturated heterocycles. The molecule has 305 valence electrons. The Morgan fingerprint density at radius 1 is 0.677 bits per heavy atom. The fraction of sp³-hybridized carbons (Fsp3) is 0.0625. The molecule has 0 aliphatic heterocycles. The van der Waals surface area contributed by atoms with E-state index in [0.29, 0.717) is 0 Å². The normalized spacial score (nSPS) is 11.0. The first-order valence-corrected chi connectivity index (χ1v) is 18.5. The predicted octanol–water partition coefficient (Wildman–Crippen LogP) is -5.32. The molecule has 2 aromatic heterocycles. The van der Waals surface area contributed by atoms with Crippen LogP contribution in [0.15, 0.2) is 120 Å². The molecular weight excluding hydrogens is 937 g/mol. The molecule has 0 aliphatic rings. The summed E-state index contributed by atoms with van der Waals surface area (Å²) in [4.78, 5) is 32.0. The standard InChI is InChI=1S/2C16H13N5O7S.Fe.3Na/c2*1-9-15(18-17-13-8-11(21(24)25)4-7-14(13)22)16(23)20(19-9)10-2-5-12(6-3-10)29(26,27)28;;;;/h2-8,22-23H,1H3,(H,26,27,28);2-8,19,22H,1H3,(H,26,27,28);;;;/q;;+3;3*+1/p-4. The number of rotatable bonds is 10. The van der Waals surface area contributed by atoms with Gasteiger partial charge in [-0.1, -0.05) is 23.6 Å². The van der Waals surface area contributed by atoms with Crippen LogP contribution >= 0.6 is 0 Å². The molecule has 2 N–H and O–H groups in total. The van der Waals surface area contributed by atoms with E-state index in [0.717, 1.165) is 70.0 Å². The number of aromatic amines is 1. The second kappa shape index (κ2) is 23.0. The van der Waals surface area contributed by atoms with Gasteiger partial charge in [-0.05, 0) is 62.4 Å². The molecular formula is C32H22FeN10Na3O14S2+2. The van der Waals surface area contributed by atoms with Crippen molar-refractivity contribution in [3.05, 3.63) is 127 Å². The molecule has 2 heterocycles. The summed E-state index contributed by atoms with van der Waals surface area (Å²) in [7, 11) is -9.01. The monoisotopic (exact) mass is 959 g/mol. The number of H-pyrrole nitrogens is 1. The number of hydrogen-bond donors (Lipinski definition) is 2. The minimum atomic E-state index is -4.64. The van der Waals surface area contributed by atoms with E-state index in [1.165, 1.54) is 38.1 Å². The number of aryl methyl sites for hydroxylation is 2. The van der Waals surface area contributed by atoms with E-state index in [4.69, 9.17) is 4.55 Å². The van der Waals surface area contributed by atoms with Crippen molar-refractivity contribution < 1.29 is 157 Å². The van der Waals surface area contributed by atoms with Crippen molar-refractivity contribution >= 4 is 54.4 Å². The number of benzene rings is 4. The molecule has 6 rings (SSSR count). The van der Waals surface area contributed by atoms with Crippen LogP contribution in [0.3, 0.4) is 0 Å². The van der Waals surface area contributed by atoms with E-state index in [9.17, 15) is 61.7 Å². The molecule has 0 amide bonds. The van der Waals surface area contributed by atoms with E-state index in [1.807, 2.05) is 0 Å². The molecule has 0 aliphatic carbocycles. The topological polar surface area (TPSA) is 372 Å². The van der Waals surface area contributed by atoms with Crippen LogP contribution in [0.5, 0.6) is 17.4 Å². The number of aromatic nitrogens is 4. The smallest absolute Gasteiger partial charge is 0.871 e. The first-order chi connectivity index (χ1) is 27.1. The number of nitrogens with zero attached hydrogens (tertiary/aromatic N) is 9. The van der Waals surface area contributed by atoms with E-state index < -0.39 is 57.9 Å². The van der Waals surface area contributed by atoms with Crippen molar-refractivity contribution in [2.75, 3.05) is 0 Å². The zero-order chi connectivity index (χ0) is 42.7. The Morgan fingerprint density at radius 2 is 1.11 bits per heavy atom. The van der Waals surface area contributed by atoms with Crippen LogP contribution in [0.25, 0.3) is 11.4 Å². The summed E-state index contributed by atoms with van der Waals surface area (Å²) in [6.45, 7) is 2.97. The Hall–Kier alpha value is -4.16. The number of azo groups is 2. The maximum Gasteiger partial charge on any atom is 3.00 e. The van der Waals surface area contributed by atoms with Gasteiger partial charge in [-0.15, -0.1) is 10.2 Å². The summed E-state index contributed by atoms with van der Waals surface area (Å²) in [5.41, 5.74) is -1.47. The molecule has 0 atom stereocenters. The Labute approximate surface area is 426 Å².